The molecule has 0 bridgehead atoms. The van der Waals surface area contributed by atoms with Gasteiger partial charge >= 0.3 is 0 Å². The number of rotatable bonds is 2. The van der Waals surface area contributed by atoms with Gasteiger partial charge in [-0.15, -0.1) is 0 Å². The van der Waals surface area contributed by atoms with E-state index in [0.29, 0.717) is 5.25 Å². The van der Waals surface area contributed by atoms with Crippen LogP contribution in [0.2, 0.25) is 0 Å². The van der Waals surface area contributed by atoms with Crippen LogP contribution in [0.5, 0.6) is 0 Å². The van der Waals surface area contributed by atoms with Crippen molar-refractivity contribution in [3.63, 3.8) is 0 Å². The SMILES string of the molecule is Cn1ccnc1SC1CCCNC1. The molecule has 0 spiro atoms. The molecule has 1 atom stereocenters. The second-order valence-electron chi connectivity index (χ2n) is 3.41. The van der Waals surface area contributed by atoms with Crippen molar-refractivity contribution in [2.75, 3.05) is 13.1 Å². The number of nitrogens with one attached hydrogen (secondary N) is 1. The second-order valence-corrected chi connectivity index (χ2v) is 4.67. The molecule has 13 heavy (non-hydrogen) atoms. The zero-order chi connectivity index (χ0) is 9.10. The number of aryl methyl sites for hydroxylation is 1. The van der Waals surface area contributed by atoms with Crippen molar-refractivity contribution in [3.8, 4) is 0 Å². The maximum atomic E-state index is 4.31. The second kappa shape index (κ2) is 4.15. The molecule has 0 aromatic carbocycles. The van der Waals surface area contributed by atoms with E-state index in [2.05, 4.69) is 14.9 Å². The van der Waals surface area contributed by atoms with Crippen LogP contribution in [0.15, 0.2) is 17.6 Å². The molecule has 1 unspecified atom stereocenters. The summed E-state index contributed by atoms with van der Waals surface area (Å²) in [5.74, 6) is 0. The minimum absolute atomic E-state index is 0.704. The van der Waals surface area contributed by atoms with Gasteiger partial charge in [0.2, 0.25) is 0 Å². The third kappa shape index (κ3) is 2.25. The van der Waals surface area contributed by atoms with Crippen LogP contribution in [0.3, 0.4) is 0 Å². The van der Waals surface area contributed by atoms with Crippen molar-refractivity contribution in [2.24, 2.45) is 7.05 Å². The molecule has 3 nitrogen and oxygen atoms in total. The maximum Gasteiger partial charge on any atom is 0.167 e. The van der Waals surface area contributed by atoms with Gasteiger partial charge in [-0.25, -0.2) is 4.98 Å². The summed E-state index contributed by atoms with van der Waals surface area (Å²) in [4.78, 5) is 4.31. The fraction of sp³-hybridized carbons (Fsp3) is 0.667. The average molecular weight is 197 g/mol. The lowest BCUT2D eigenvalue weighted by molar-refractivity contribution is 0.530. The van der Waals surface area contributed by atoms with E-state index in [1.54, 1.807) is 0 Å². The lowest BCUT2D eigenvalue weighted by atomic mass is 10.2. The topological polar surface area (TPSA) is 29.9 Å². The third-order valence-electron chi connectivity index (χ3n) is 2.30. The van der Waals surface area contributed by atoms with Crippen LogP contribution in [0, 0.1) is 0 Å². The summed E-state index contributed by atoms with van der Waals surface area (Å²) in [6.45, 7) is 2.30. The van der Waals surface area contributed by atoms with Crippen molar-refractivity contribution >= 4 is 11.8 Å². The monoisotopic (exact) mass is 197 g/mol. The Morgan fingerprint density at radius 3 is 3.23 bits per heavy atom. The Kier molecular flexibility index (Phi) is 2.90. The minimum Gasteiger partial charge on any atom is -0.329 e. The molecule has 0 saturated carbocycles. The van der Waals surface area contributed by atoms with E-state index in [4.69, 9.17) is 0 Å². The number of imidazole rings is 1. The van der Waals surface area contributed by atoms with Gasteiger partial charge in [-0.3, -0.25) is 0 Å². The fourth-order valence-corrected chi connectivity index (χ4v) is 2.67. The van der Waals surface area contributed by atoms with Gasteiger partial charge in [0.05, 0.1) is 0 Å². The number of thioether (sulfide) groups is 1. The highest BCUT2D eigenvalue weighted by Gasteiger charge is 2.15. The zero-order valence-corrected chi connectivity index (χ0v) is 8.68. The van der Waals surface area contributed by atoms with Gasteiger partial charge in [0.25, 0.3) is 0 Å². The molecule has 0 amide bonds. The number of hydrogen-bond acceptors (Lipinski definition) is 3. The Morgan fingerprint density at radius 2 is 2.62 bits per heavy atom. The van der Waals surface area contributed by atoms with Crippen LogP contribution in [0.1, 0.15) is 12.8 Å². The van der Waals surface area contributed by atoms with Crippen LogP contribution < -0.4 is 5.32 Å². The van der Waals surface area contributed by atoms with Crippen LogP contribution in [0.4, 0.5) is 0 Å². The first-order chi connectivity index (χ1) is 6.36. The van der Waals surface area contributed by atoms with Gasteiger partial charge in [-0.1, -0.05) is 11.8 Å². The predicted molar refractivity (Wildman–Crippen MR) is 55.0 cm³/mol. The molecule has 1 fully saturated rings. The molecule has 1 N–H and O–H groups in total. The van der Waals surface area contributed by atoms with Gasteiger partial charge in [-0.05, 0) is 19.4 Å². The molecule has 0 aliphatic carbocycles. The van der Waals surface area contributed by atoms with Gasteiger partial charge in [-0.2, -0.15) is 0 Å². The smallest absolute Gasteiger partial charge is 0.167 e. The Balaban J connectivity index is 1.93. The van der Waals surface area contributed by atoms with Crippen molar-refractivity contribution in [3.05, 3.63) is 12.4 Å². The molecule has 0 radical (unpaired) electrons. The highest BCUT2D eigenvalue weighted by Crippen LogP contribution is 2.25. The molecule has 1 aromatic heterocycles. The largest absolute Gasteiger partial charge is 0.329 e. The number of aromatic nitrogens is 2. The van der Waals surface area contributed by atoms with Crippen LogP contribution >= 0.6 is 11.8 Å². The van der Waals surface area contributed by atoms with Crippen molar-refractivity contribution < 1.29 is 0 Å². The number of nitrogens with zero attached hydrogens (tertiary/aromatic N) is 2. The van der Waals surface area contributed by atoms with Gasteiger partial charge in [0.15, 0.2) is 5.16 Å². The molecule has 2 heterocycles. The standard InChI is InChI=1S/C9H15N3S/c1-12-6-5-11-9(12)13-8-3-2-4-10-7-8/h5-6,8,10H,2-4,7H2,1H3. The van der Waals surface area contributed by atoms with Crippen LogP contribution in [0.25, 0.3) is 0 Å². The molecule has 1 saturated heterocycles. The summed E-state index contributed by atoms with van der Waals surface area (Å²) in [7, 11) is 2.05. The molecule has 4 heteroatoms. The van der Waals surface area contributed by atoms with Gasteiger partial charge < -0.3 is 9.88 Å². The zero-order valence-electron chi connectivity index (χ0n) is 7.86. The van der Waals surface area contributed by atoms with E-state index >= 15 is 0 Å². The van der Waals surface area contributed by atoms with Gasteiger partial charge in [0, 0.05) is 31.2 Å². The molecule has 1 aromatic rings. The maximum absolute atomic E-state index is 4.31. The Morgan fingerprint density at radius 1 is 1.69 bits per heavy atom. The van der Waals surface area contributed by atoms with Crippen LogP contribution in [-0.2, 0) is 7.05 Å². The molecule has 72 valence electrons. The van der Waals surface area contributed by atoms with Crippen LogP contribution in [-0.4, -0.2) is 27.9 Å². The summed E-state index contributed by atoms with van der Waals surface area (Å²) < 4.78 is 2.08. The average Bonchev–Trinajstić information content (AvgIpc) is 2.54. The van der Waals surface area contributed by atoms with E-state index in [9.17, 15) is 0 Å². The van der Waals surface area contributed by atoms with Crippen molar-refractivity contribution in [2.45, 2.75) is 23.2 Å². The number of hydrogen-bond donors (Lipinski definition) is 1. The first-order valence-electron chi connectivity index (χ1n) is 4.71. The molecular formula is C9H15N3S. The van der Waals surface area contributed by atoms with E-state index in [1.165, 1.54) is 19.4 Å². The van der Waals surface area contributed by atoms with E-state index in [-0.39, 0.29) is 0 Å². The van der Waals surface area contributed by atoms with E-state index < -0.39 is 0 Å². The Bertz CT molecular complexity index is 266. The first-order valence-corrected chi connectivity index (χ1v) is 5.59. The molecule has 2 rings (SSSR count). The van der Waals surface area contributed by atoms with Gasteiger partial charge in [0.1, 0.15) is 0 Å². The lowest BCUT2D eigenvalue weighted by Crippen LogP contribution is -2.31. The molecular weight excluding hydrogens is 182 g/mol. The Labute approximate surface area is 82.9 Å². The first kappa shape index (κ1) is 9.09. The summed E-state index contributed by atoms with van der Waals surface area (Å²) in [5.41, 5.74) is 0. The van der Waals surface area contributed by atoms with Crippen molar-refractivity contribution in [1.29, 1.82) is 0 Å². The highest BCUT2D eigenvalue weighted by atomic mass is 32.2. The third-order valence-corrected chi connectivity index (χ3v) is 3.64. The Hall–Kier alpha value is -0.480. The summed E-state index contributed by atoms with van der Waals surface area (Å²) in [5, 5.41) is 5.25. The highest BCUT2D eigenvalue weighted by molar-refractivity contribution is 7.99. The molecule has 1 aliphatic heterocycles. The summed E-state index contributed by atoms with van der Waals surface area (Å²) in [6, 6.07) is 0. The fourth-order valence-electron chi connectivity index (χ4n) is 1.53. The minimum atomic E-state index is 0.704. The quantitative estimate of drug-likeness (QED) is 0.774. The van der Waals surface area contributed by atoms with Crippen molar-refractivity contribution in [1.82, 2.24) is 14.9 Å². The summed E-state index contributed by atoms with van der Waals surface area (Å²) in [6.07, 6.45) is 6.46. The molecule has 1 aliphatic rings. The number of piperidine rings is 1. The predicted octanol–water partition coefficient (Wildman–Crippen LogP) is 1.26. The normalized spacial score (nSPS) is 23.3. The lowest BCUT2D eigenvalue weighted by Gasteiger charge is -2.21. The van der Waals surface area contributed by atoms with E-state index in [1.807, 2.05) is 31.2 Å². The van der Waals surface area contributed by atoms with E-state index in [0.717, 1.165) is 11.7 Å². The summed E-state index contributed by atoms with van der Waals surface area (Å²) >= 11 is 1.89.